The van der Waals surface area contributed by atoms with Gasteiger partial charge in [0, 0.05) is 25.2 Å². The molecule has 1 fully saturated rings. The number of rotatable bonds is 1. The highest BCUT2D eigenvalue weighted by Crippen LogP contribution is 2.26. The van der Waals surface area contributed by atoms with Crippen molar-refractivity contribution in [2.75, 3.05) is 18.0 Å². The van der Waals surface area contributed by atoms with Crippen molar-refractivity contribution in [1.82, 2.24) is 5.32 Å². The maximum Gasteiger partial charge on any atom is 0.228 e. The molecule has 92 valence electrons. The lowest BCUT2D eigenvalue weighted by Crippen LogP contribution is -2.51. The smallest absolute Gasteiger partial charge is 0.228 e. The zero-order valence-electron chi connectivity index (χ0n) is 10.8. The van der Waals surface area contributed by atoms with Gasteiger partial charge in [0.15, 0.2) is 0 Å². The van der Waals surface area contributed by atoms with Crippen LogP contribution >= 0.6 is 0 Å². The Bertz CT molecular complexity index is 409. The molecule has 1 N–H and O–H groups in total. The van der Waals surface area contributed by atoms with Crippen LogP contribution < -0.4 is 10.2 Å². The summed E-state index contributed by atoms with van der Waals surface area (Å²) in [6, 6.07) is 8.16. The maximum absolute atomic E-state index is 12.2. The molecule has 3 heteroatoms. The van der Waals surface area contributed by atoms with Gasteiger partial charge in [-0.2, -0.15) is 0 Å². The highest BCUT2D eigenvalue weighted by atomic mass is 16.2. The van der Waals surface area contributed by atoms with Crippen LogP contribution in [0.5, 0.6) is 0 Å². The lowest BCUT2D eigenvalue weighted by molar-refractivity contribution is -0.119. The quantitative estimate of drug-likeness (QED) is 0.804. The fraction of sp³-hybridized carbons (Fsp3) is 0.500. The highest BCUT2D eigenvalue weighted by molar-refractivity contribution is 5.95. The van der Waals surface area contributed by atoms with Crippen LogP contribution in [-0.4, -0.2) is 24.5 Å². The van der Waals surface area contributed by atoms with Crippen LogP contribution in [0.25, 0.3) is 0 Å². The number of nitrogens with zero attached hydrogens (tertiary/aromatic N) is 1. The molecule has 1 amide bonds. The predicted octanol–water partition coefficient (Wildman–Crippen LogP) is 2.10. The number of hydrogen-bond donors (Lipinski definition) is 1. The molecule has 1 aromatic carbocycles. The maximum atomic E-state index is 12.2. The number of hydrogen-bond acceptors (Lipinski definition) is 2. The van der Waals surface area contributed by atoms with Gasteiger partial charge in [-0.15, -0.1) is 0 Å². The molecule has 3 nitrogen and oxygen atoms in total. The van der Waals surface area contributed by atoms with E-state index < -0.39 is 0 Å². The summed E-state index contributed by atoms with van der Waals surface area (Å²) in [7, 11) is 0. The van der Waals surface area contributed by atoms with Crippen LogP contribution in [0.2, 0.25) is 0 Å². The molecule has 0 aliphatic carbocycles. The molecule has 0 saturated carbocycles. The second kappa shape index (κ2) is 4.49. The normalized spacial score (nSPS) is 20.2. The largest absolute Gasteiger partial charge is 0.314 e. The Labute approximate surface area is 103 Å². The van der Waals surface area contributed by atoms with Crippen molar-refractivity contribution in [3.63, 3.8) is 0 Å². The van der Waals surface area contributed by atoms with E-state index in [1.54, 1.807) is 0 Å². The average molecular weight is 232 g/mol. The number of aryl methyl sites for hydroxylation is 1. The van der Waals surface area contributed by atoms with Crippen molar-refractivity contribution in [2.24, 2.45) is 0 Å². The van der Waals surface area contributed by atoms with Gasteiger partial charge in [0.05, 0.1) is 5.54 Å². The van der Waals surface area contributed by atoms with Gasteiger partial charge in [0.25, 0.3) is 0 Å². The minimum atomic E-state index is -0.178. The second-order valence-electron chi connectivity index (χ2n) is 5.30. The predicted molar refractivity (Wildman–Crippen MR) is 70.2 cm³/mol. The van der Waals surface area contributed by atoms with Crippen LogP contribution in [0.15, 0.2) is 24.3 Å². The monoisotopic (exact) mass is 232 g/mol. The minimum absolute atomic E-state index is 0.178. The van der Waals surface area contributed by atoms with Gasteiger partial charge in [0.2, 0.25) is 5.91 Å². The standard InChI is InChI=1S/C14H20N2O/c1-11-4-6-12(7-5-11)16-13(17)8-9-15-10-14(16,2)3/h4-7,15H,8-10H2,1-3H3. The fourth-order valence-corrected chi connectivity index (χ4v) is 2.31. The Balaban J connectivity index is 2.38. The molecule has 17 heavy (non-hydrogen) atoms. The number of carbonyl (C=O) groups excluding carboxylic acids is 1. The fourth-order valence-electron chi connectivity index (χ4n) is 2.31. The summed E-state index contributed by atoms with van der Waals surface area (Å²) in [4.78, 5) is 14.1. The molecule has 1 aliphatic heterocycles. The number of nitrogens with one attached hydrogen (secondary N) is 1. The Morgan fingerprint density at radius 1 is 1.24 bits per heavy atom. The zero-order chi connectivity index (χ0) is 12.5. The van der Waals surface area contributed by atoms with Gasteiger partial charge >= 0.3 is 0 Å². The van der Waals surface area contributed by atoms with Crippen molar-refractivity contribution < 1.29 is 4.79 Å². The van der Waals surface area contributed by atoms with Crippen molar-refractivity contribution in [3.05, 3.63) is 29.8 Å². The van der Waals surface area contributed by atoms with Crippen molar-refractivity contribution >= 4 is 11.6 Å². The molecular formula is C14H20N2O. The summed E-state index contributed by atoms with van der Waals surface area (Å²) in [6.07, 6.45) is 0.567. The molecule has 2 rings (SSSR count). The van der Waals surface area contributed by atoms with Gasteiger partial charge in [-0.05, 0) is 32.9 Å². The summed E-state index contributed by atoms with van der Waals surface area (Å²) in [6.45, 7) is 7.85. The number of carbonyl (C=O) groups is 1. The molecule has 0 unspecified atom stereocenters. The van der Waals surface area contributed by atoms with Crippen molar-refractivity contribution in [2.45, 2.75) is 32.7 Å². The first-order valence-electron chi connectivity index (χ1n) is 6.11. The van der Waals surface area contributed by atoms with Crippen LogP contribution in [0.1, 0.15) is 25.8 Å². The van der Waals surface area contributed by atoms with Crippen molar-refractivity contribution in [3.8, 4) is 0 Å². The van der Waals surface area contributed by atoms with E-state index in [9.17, 15) is 4.79 Å². The lowest BCUT2D eigenvalue weighted by Gasteiger charge is -2.37. The molecule has 0 atom stereocenters. The van der Waals surface area contributed by atoms with E-state index in [0.29, 0.717) is 6.42 Å². The third-order valence-corrected chi connectivity index (χ3v) is 3.22. The summed E-state index contributed by atoms with van der Waals surface area (Å²) in [5.74, 6) is 0.198. The Morgan fingerprint density at radius 3 is 2.53 bits per heavy atom. The van der Waals surface area contributed by atoms with Gasteiger partial charge in [0.1, 0.15) is 0 Å². The van der Waals surface area contributed by atoms with Crippen LogP contribution in [0.3, 0.4) is 0 Å². The summed E-state index contributed by atoms with van der Waals surface area (Å²) < 4.78 is 0. The molecule has 1 saturated heterocycles. The summed E-state index contributed by atoms with van der Waals surface area (Å²) in [5.41, 5.74) is 2.03. The summed E-state index contributed by atoms with van der Waals surface area (Å²) in [5, 5.41) is 3.32. The SMILES string of the molecule is Cc1ccc(N2C(=O)CCNCC2(C)C)cc1. The van der Waals surface area contributed by atoms with E-state index in [2.05, 4.69) is 38.2 Å². The molecule has 0 spiro atoms. The van der Waals surface area contributed by atoms with Gasteiger partial charge < -0.3 is 10.2 Å². The van der Waals surface area contributed by atoms with E-state index in [1.807, 2.05) is 17.0 Å². The zero-order valence-corrected chi connectivity index (χ0v) is 10.8. The van der Waals surface area contributed by atoms with E-state index in [4.69, 9.17) is 0 Å². The van der Waals surface area contributed by atoms with Crippen molar-refractivity contribution in [1.29, 1.82) is 0 Å². The van der Waals surface area contributed by atoms with Crippen LogP contribution in [0, 0.1) is 6.92 Å². The lowest BCUT2D eigenvalue weighted by atomic mass is 10.0. The van der Waals surface area contributed by atoms with Crippen LogP contribution in [0.4, 0.5) is 5.69 Å². The average Bonchev–Trinajstić information content (AvgIpc) is 2.39. The molecule has 0 aromatic heterocycles. The third-order valence-electron chi connectivity index (χ3n) is 3.22. The Morgan fingerprint density at radius 2 is 1.88 bits per heavy atom. The Kier molecular flexibility index (Phi) is 3.20. The number of benzene rings is 1. The first kappa shape index (κ1) is 12.1. The van der Waals surface area contributed by atoms with Gasteiger partial charge in [-0.25, -0.2) is 0 Å². The molecular weight excluding hydrogens is 212 g/mol. The molecule has 0 radical (unpaired) electrons. The summed E-state index contributed by atoms with van der Waals surface area (Å²) >= 11 is 0. The molecule has 1 aromatic rings. The van der Waals surface area contributed by atoms with E-state index in [1.165, 1.54) is 5.56 Å². The van der Waals surface area contributed by atoms with Gasteiger partial charge in [-0.3, -0.25) is 4.79 Å². The first-order valence-corrected chi connectivity index (χ1v) is 6.11. The Hall–Kier alpha value is -1.35. The van der Waals surface area contributed by atoms with E-state index in [0.717, 1.165) is 18.8 Å². The number of amides is 1. The minimum Gasteiger partial charge on any atom is -0.314 e. The van der Waals surface area contributed by atoms with Gasteiger partial charge in [-0.1, -0.05) is 17.7 Å². The van der Waals surface area contributed by atoms with E-state index in [-0.39, 0.29) is 11.4 Å². The first-order chi connectivity index (χ1) is 8.00. The molecule has 1 heterocycles. The molecule has 1 aliphatic rings. The number of anilines is 1. The highest BCUT2D eigenvalue weighted by Gasteiger charge is 2.33. The molecule has 0 bridgehead atoms. The third kappa shape index (κ3) is 2.50. The van der Waals surface area contributed by atoms with E-state index >= 15 is 0 Å². The van der Waals surface area contributed by atoms with Crippen LogP contribution in [-0.2, 0) is 4.79 Å². The second-order valence-corrected chi connectivity index (χ2v) is 5.30. The topological polar surface area (TPSA) is 32.3 Å².